The lowest BCUT2D eigenvalue weighted by Gasteiger charge is -2.52. The van der Waals surface area contributed by atoms with E-state index in [9.17, 15) is 45.3 Å². The average molecular weight is 1070 g/mol. The van der Waals surface area contributed by atoms with Gasteiger partial charge in [0, 0.05) is 76.6 Å². The van der Waals surface area contributed by atoms with E-state index >= 15 is 0 Å². The molecule has 5 heterocycles. The fraction of sp³-hybridized carbons (Fsp3) is 0.778. The predicted octanol–water partition coefficient (Wildman–Crippen LogP) is 2.30. The van der Waals surface area contributed by atoms with Crippen LogP contribution in [0.1, 0.15) is 124 Å². The molecule has 6 rings (SSSR count). The number of rotatable bonds is 17. The van der Waals surface area contributed by atoms with Crippen LogP contribution in [0.25, 0.3) is 5.69 Å². The summed E-state index contributed by atoms with van der Waals surface area (Å²) in [5.74, 6) is -5.26. The first kappa shape index (κ1) is 61.3. The van der Waals surface area contributed by atoms with Crippen molar-refractivity contribution in [1.29, 1.82) is 0 Å². The van der Waals surface area contributed by atoms with Crippen molar-refractivity contribution in [1.82, 2.24) is 34.9 Å². The average Bonchev–Trinajstić information content (AvgIpc) is 4.09. The Labute approximate surface area is 447 Å². The van der Waals surface area contributed by atoms with Crippen molar-refractivity contribution in [3.05, 3.63) is 53.6 Å². The molecule has 0 amide bonds. The molecule has 3 fully saturated rings. The number of aliphatic hydroxyl groups is 7. The molecular weight excluding hydrogens is 987 g/mol. The highest BCUT2D eigenvalue weighted by molar-refractivity contribution is 5.83. The first-order chi connectivity index (χ1) is 35.8. The van der Waals surface area contributed by atoms with Gasteiger partial charge in [-0.2, -0.15) is 0 Å². The van der Waals surface area contributed by atoms with Gasteiger partial charge >= 0.3 is 5.97 Å². The highest BCUT2D eigenvalue weighted by Gasteiger charge is 2.56. The van der Waals surface area contributed by atoms with Crippen LogP contribution >= 0.6 is 0 Å². The van der Waals surface area contributed by atoms with Crippen molar-refractivity contribution in [2.45, 2.75) is 198 Å². The number of nitrogens with zero attached hydrogens (tertiary/aromatic N) is 7. The summed E-state index contributed by atoms with van der Waals surface area (Å²) >= 11 is 0. The lowest BCUT2D eigenvalue weighted by molar-refractivity contribution is -0.305. The van der Waals surface area contributed by atoms with Crippen molar-refractivity contribution in [2.75, 3.05) is 41.0 Å². The summed E-state index contributed by atoms with van der Waals surface area (Å²) in [5.41, 5.74) is -1.96. The van der Waals surface area contributed by atoms with E-state index in [-0.39, 0.29) is 31.7 Å². The summed E-state index contributed by atoms with van der Waals surface area (Å²) < 4.78 is 41.7. The van der Waals surface area contributed by atoms with Gasteiger partial charge in [0.05, 0.1) is 77.5 Å². The van der Waals surface area contributed by atoms with Crippen molar-refractivity contribution >= 4 is 11.8 Å². The number of aliphatic hydroxyl groups excluding tert-OH is 6. The van der Waals surface area contributed by atoms with Crippen LogP contribution in [0.15, 0.2) is 36.7 Å². The monoisotopic (exact) mass is 1070 g/mol. The third-order valence-electron chi connectivity index (χ3n) is 17.1. The topological polar surface area (TPSA) is 296 Å². The fourth-order valence-electron chi connectivity index (χ4n) is 12.1. The van der Waals surface area contributed by atoms with Crippen molar-refractivity contribution < 1.29 is 73.8 Å². The fourth-order valence-corrected chi connectivity index (χ4v) is 12.1. The largest absolute Gasteiger partial charge is 0.459 e. The molecule has 3 aromatic rings. The molecule has 1 unspecified atom stereocenters. The molecule has 0 saturated carbocycles. The van der Waals surface area contributed by atoms with Crippen LogP contribution in [0.4, 0.5) is 0 Å². The highest BCUT2D eigenvalue weighted by Crippen LogP contribution is 2.46. The summed E-state index contributed by atoms with van der Waals surface area (Å²) in [6.45, 7) is 17.2. The van der Waals surface area contributed by atoms with Crippen LogP contribution in [0.5, 0.6) is 0 Å². The summed E-state index contributed by atoms with van der Waals surface area (Å²) in [5, 5.41) is 95.1. The van der Waals surface area contributed by atoms with Crippen molar-refractivity contribution in [3.8, 4) is 5.69 Å². The van der Waals surface area contributed by atoms with Gasteiger partial charge in [0.1, 0.15) is 41.8 Å². The minimum absolute atomic E-state index is 0.0454. The van der Waals surface area contributed by atoms with Gasteiger partial charge in [0.2, 0.25) is 0 Å². The van der Waals surface area contributed by atoms with Gasteiger partial charge in [-0.15, -0.1) is 10.2 Å². The van der Waals surface area contributed by atoms with E-state index in [1.165, 1.54) is 25.8 Å². The Morgan fingerprint density at radius 2 is 1.50 bits per heavy atom. The lowest BCUT2D eigenvalue weighted by Crippen LogP contribution is -2.62. The van der Waals surface area contributed by atoms with Crippen molar-refractivity contribution in [3.63, 3.8) is 0 Å². The Hall–Kier alpha value is -3.88. The number of aromatic nitrogens is 6. The van der Waals surface area contributed by atoms with Gasteiger partial charge in [0.25, 0.3) is 0 Å². The van der Waals surface area contributed by atoms with Gasteiger partial charge in [-0.25, -0.2) is 9.36 Å². The first-order valence-corrected chi connectivity index (χ1v) is 26.9. The number of cyclic esters (lactones) is 1. The minimum atomic E-state index is -2.00. The second-order valence-electron chi connectivity index (χ2n) is 22.6. The van der Waals surface area contributed by atoms with E-state index in [1.807, 2.05) is 32.7 Å². The van der Waals surface area contributed by atoms with E-state index in [1.54, 1.807) is 82.9 Å². The highest BCUT2D eigenvalue weighted by atomic mass is 16.7. The Balaban J connectivity index is 1.26. The normalized spacial score (nSPS) is 38.1. The van der Waals surface area contributed by atoms with Crippen LogP contribution in [-0.4, -0.2) is 201 Å². The molecule has 0 radical (unpaired) electrons. The number of esters is 1. The molecule has 0 spiro atoms. The van der Waals surface area contributed by atoms with Gasteiger partial charge in [0.15, 0.2) is 6.29 Å². The van der Waals surface area contributed by atoms with Gasteiger partial charge in [-0.05, 0) is 84.5 Å². The van der Waals surface area contributed by atoms with Crippen molar-refractivity contribution in [2.24, 2.45) is 29.6 Å². The third kappa shape index (κ3) is 13.1. The molecule has 22 heteroatoms. The van der Waals surface area contributed by atoms with E-state index in [4.69, 9.17) is 28.4 Å². The summed E-state index contributed by atoms with van der Waals surface area (Å²) in [6, 6.07) is 5.64. The Morgan fingerprint density at radius 1 is 0.855 bits per heavy atom. The number of ether oxygens (including phenoxy) is 6. The molecule has 22 nitrogen and oxygen atoms in total. The SMILES string of the molecule is CC[C@H]1OC(=O)[C@H](C)C([C@H]2C[C@@](C)(OC)[C@@H](O)[C@H](C)O2)[C@H](C)[C@@H](O[C@@H]2O[C@H](C)C[C@H](N(C)CCc3cn([C@H](CO)[C@H](O)c4ccc(-n5cc(CCO)nn5)cc4)nn3)[C@H]2O)[C@](C)(OC)C[C@@H](C)C(=O)[C@H](C)[C@@H](O)[C@]1(C)O. The van der Waals surface area contributed by atoms with Crippen LogP contribution in [-0.2, 0) is 50.9 Å². The number of likely N-dealkylation sites (N-methyl/N-ethyl adjacent to an activating group) is 1. The molecule has 2 aromatic heterocycles. The van der Waals surface area contributed by atoms with Gasteiger partial charge in [-0.1, -0.05) is 57.2 Å². The van der Waals surface area contributed by atoms with Gasteiger partial charge < -0.3 is 69.1 Å². The minimum Gasteiger partial charge on any atom is -0.459 e. The number of Topliss-reactive ketones (excluding diaryl/α,β-unsaturated/α-hetero) is 1. The second-order valence-corrected chi connectivity index (χ2v) is 22.6. The zero-order chi connectivity index (χ0) is 56.2. The number of carbonyl (C=O) groups is 2. The number of carbonyl (C=O) groups excluding carboxylic acids is 2. The Kier molecular flexibility index (Phi) is 20.6. The molecule has 0 aliphatic carbocycles. The van der Waals surface area contributed by atoms with Crippen LogP contribution in [0.2, 0.25) is 0 Å². The molecule has 3 aliphatic heterocycles. The second kappa shape index (κ2) is 25.5. The van der Waals surface area contributed by atoms with Crippen LogP contribution in [0, 0.1) is 29.6 Å². The molecular formula is C54H87N7O15. The number of methoxy groups -OCH3 is 2. The molecule has 0 bridgehead atoms. The summed E-state index contributed by atoms with van der Waals surface area (Å²) in [7, 11) is 4.90. The van der Waals surface area contributed by atoms with Crippen LogP contribution in [0.3, 0.4) is 0 Å². The molecule has 76 heavy (non-hydrogen) atoms. The van der Waals surface area contributed by atoms with E-state index < -0.39 is 132 Å². The Bertz CT molecular complexity index is 2340. The standard InChI is InChI=1S/C54H87N7O15/c1-14-42-54(10,70)47(67)33(6)44(64)29(2)24-53(9,72-13)49(31(4)43(32(5)50(69)75-42)41-25-52(8,71-12)48(68)34(7)74-41)76-51-46(66)39(23-30(3)73-51)59(11)21-19-36-27-61(58-55-36)40(28-63)45(65)35-15-17-38(18-16-35)60-26-37(20-22-62)56-57-60/h15-18,26-27,29-34,39-43,45-49,51,62-63,65-68,70H,14,19-25,28H2,1-13H3/t29-,30-,31+,32-,33+,34+,39+,40-,41-,42-,43?,45-,46-,47-,48+,49-,51+,52-,53-,54-/m1/s1. The number of hydrogen-bond acceptors (Lipinski definition) is 20. The van der Waals surface area contributed by atoms with E-state index in [2.05, 4.69) is 20.6 Å². The maximum Gasteiger partial charge on any atom is 0.309 e. The zero-order valence-electron chi connectivity index (χ0n) is 46.7. The summed E-state index contributed by atoms with van der Waals surface area (Å²) in [4.78, 5) is 31.0. The lowest BCUT2D eigenvalue weighted by atomic mass is 9.67. The smallest absolute Gasteiger partial charge is 0.309 e. The molecule has 20 atom stereocenters. The van der Waals surface area contributed by atoms with Crippen LogP contribution < -0.4 is 0 Å². The Morgan fingerprint density at radius 3 is 2.12 bits per heavy atom. The molecule has 1 aromatic carbocycles. The zero-order valence-corrected chi connectivity index (χ0v) is 46.7. The first-order valence-electron chi connectivity index (χ1n) is 26.9. The number of benzene rings is 1. The molecule has 7 N–H and O–H groups in total. The third-order valence-corrected chi connectivity index (χ3v) is 17.1. The number of hydrogen-bond donors (Lipinski definition) is 7. The maximum atomic E-state index is 14.6. The molecule has 428 valence electrons. The van der Waals surface area contributed by atoms with Gasteiger partial charge in [-0.3, -0.25) is 9.59 Å². The number of ketones is 1. The summed E-state index contributed by atoms with van der Waals surface area (Å²) in [6.07, 6.45) is -5.37. The quantitative estimate of drug-likeness (QED) is 0.0955. The predicted molar refractivity (Wildman–Crippen MR) is 276 cm³/mol. The maximum absolute atomic E-state index is 14.6. The van der Waals surface area contributed by atoms with E-state index in [0.717, 1.165) is 0 Å². The molecule has 3 saturated heterocycles. The molecule has 3 aliphatic rings. The van der Waals surface area contributed by atoms with E-state index in [0.29, 0.717) is 48.4 Å².